The van der Waals surface area contributed by atoms with Gasteiger partial charge in [-0.3, -0.25) is 4.79 Å². The molecule has 2 heteroatoms. The molecule has 0 heterocycles. The first-order valence-electron chi connectivity index (χ1n) is 12.9. The Hall–Kier alpha value is -2.61. The van der Waals surface area contributed by atoms with Gasteiger partial charge in [-0.25, -0.2) is 0 Å². The van der Waals surface area contributed by atoms with E-state index in [9.17, 15) is 4.79 Å². The summed E-state index contributed by atoms with van der Waals surface area (Å²) >= 11 is 0. The highest BCUT2D eigenvalue weighted by molar-refractivity contribution is 5.80. The van der Waals surface area contributed by atoms with Crippen LogP contribution in [0.25, 0.3) is 0 Å². The Morgan fingerprint density at radius 1 is 0.824 bits per heavy atom. The van der Waals surface area contributed by atoms with Crippen molar-refractivity contribution in [2.24, 2.45) is 16.7 Å². The molecular weight excluding hydrogens is 416 g/mol. The van der Waals surface area contributed by atoms with Crippen molar-refractivity contribution in [2.45, 2.75) is 75.7 Å². The van der Waals surface area contributed by atoms with Crippen LogP contribution in [0.15, 0.2) is 85.0 Å². The molecular formula is C32H36O2. The number of benzene rings is 2. The average molecular weight is 453 g/mol. The summed E-state index contributed by atoms with van der Waals surface area (Å²) in [4.78, 5) is 14.1. The van der Waals surface area contributed by atoms with Gasteiger partial charge in [-0.15, -0.1) is 0 Å². The molecule has 0 amide bonds. The topological polar surface area (TPSA) is 26.3 Å². The number of hydrogen-bond acceptors (Lipinski definition) is 2. The van der Waals surface area contributed by atoms with Gasteiger partial charge in [0.15, 0.2) is 0 Å². The maximum absolute atomic E-state index is 14.1. The largest absolute Gasteiger partial charge is 0.460 e. The Bertz CT molecular complexity index is 1160. The van der Waals surface area contributed by atoms with Gasteiger partial charge in [0.1, 0.15) is 5.60 Å². The fourth-order valence-corrected chi connectivity index (χ4v) is 8.76. The van der Waals surface area contributed by atoms with Gasteiger partial charge in [-0.2, -0.15) is 0 Å². The third-order valence-corrected chi connectivity index (χ3v) is 9.45. The molecule has 0 aromatic heterocycles. The molecule has 2 aromatic rings. The van der Waals surface area contributed by atoms with Crippen molar-refractivity contribution in [2.75, 3.05) is 0 Å². The number of allylic oxidation sites excluding steroid dienone is 4. The zero-order valence-electron chi connectivity index (χ0n) is 20.7. The van der Waals surface area contributed by atoms with Crippen LogP contribution in [-0.4, -0.2) is 11.6 Å². The second kappa shape index (κ2) is 7.20. The quantitative estimate of drug-likeness (QED) is 0.455. The molecule has 0 spiro atoms. The lowest BCUT2D eigenvalue weighted by Crippen LogP contribution is -2.48. The smallest absolute Gasteiger partial charge is 0.312 e. The zero-order valence-corrected chi connectivity index (χ0v) is 20.7. The van der Waals surface area contributed by atoms with Gasteiger partial charge in [0.05, 0.1) is 5.41 Å². The zero-order chi connectivity index (χ0) is 23.7. The highest BCUT2D eigenvalue weighted by Crippen LogP contribution is 2.82. The second-order valence-electron chi connectivity index (χ2n) is 12.6. The van der Waals surface area contributed by atoms with Crippen LogP contribution in [0.5, 0.6) is 0 Å². The highest BCUT2D eigenvalue weighted by Gasteiger charge is 2.79. The van der Waals surface area contributed by atoms with E-state index in [2.05, 4.69) is 85.0 Å². The number of rotatable bonds is 4. The first kappa shape index (κ1) is 21.9. The van der Waals surface area contributed by atoms with Crippen molar-refractivity contribution in [3.63, 3.8) is 0 Å². The first-order chi connectivity index (χ1) is 16.2. The fourth-order valence-electron chi connectivity index (χ4n) is 8.76. The fraction of sp³-hybridized carbons (Fsp3) is 0.469. The molecule has 4 bridgehead atoms. The number of carbonyl (C=O) groups is 1. The Labute approximate surface area is 204 Å². The molecule has 34 heavy (non-hydrogen) atoms. The van der Waals surface area contributed by atoms with E-state index < -0.39 is 11.0 Å². The van der Waals surface area contributed by atoms with Crippen LogP contribution in [0.1, 0.15) is 70.4 Å². The van der Waals surface area contributed by atoms with Crippen LogP contribution in [-0.2, 0) is 20.4 Å². The summed E-state index contributed by atoms with van der Waals surface area (Å²) in [5.74, 6) is 0.463. The lowest BCUT2D eigenvalue weighted by atomic mass is 9.55. The third kappa shape index (κ3) is 2.96. The summed E-state index contributed by atoms with van der Waals surface area (Å²) in [5.41, 5.74) is 1.91. The van der Waals surface area contributed by atoms with E-state index in [-0.39, 0.29) is 22.2 Å². The minimum Gasteiger partial charge on any atom is -0.460 e. The number of ether oxygens (including phenoxy) is 1. The molecule has 5 unspecified atom stereocenters. The van der Waals surface area contributed by atoms with Crippen LogP contribution in [0.4, 0.5) is 0 Å². The second-order valence-corrected chi connectivity index (χ2v) is 12.6. The van der Waals surface area contributed by atoms with E-state index in [1.807, 2.05) is 20.8 Å². The minimum atomic E-state index is -0.480. The predicted molar refractivity (Wildman–Crippen MR) is 136 cm³/mol. The van der Waals surface area contributed by atoms with Crippen LogP contribution >= 0.6 is 0 Å². The lowest BCUT2D eigenvalue weighted by Gasteiger charge is -2.49. The summed E-state index contributed by atoms with van der Waals surface area (Å²) in [6, 6.07) is 22.2. The maximum Gasteiger partial charge on any atom is 0.312 e. The monoisotopic (exact) mass is 452 g/mol. The van der Waals surface area contributed by atoms with Crippen molar-refractivity contribution >= 4 is 5.97 Å². The summed E-state index contributed by atoms with van der Waals surface area (Å²) < 4.78 is 6.19. The van der Waals surface area contributed by atoms with Gasteiger partial charge in [-0.1, -0.05) is 85.0 Å². The maximum atomic E-state index is 14.1. The normalized spacial score (nSPS) is 37.8. The molecule has 176 valence electrons. The van der Waals surface area contributed by atoms with Crippen LogP contribution in [0.2, 0.25) is 0 Å². The summed E-state index contributed by atoms with van der Waals surface area (Å²) in [6.45, 7) is 6.01. The summed E-state index contributed by atoms with van der Waals surface area (Å²) in [5, 5.41) is 0. The molecule has 5 aliphatic carbocycles. The van der Waals surface area contributed by atoms with Crippen molar-refractivity contribution in [3.8, 4) is 0 Å². The molecule has 0 aliphatic heterocycles. The Morgan fingerprint density at radius 3 is 2.12 bits per heavy atom. The molecule has 7 rings (SSSR count). The Kier molecular flexibility index (Phi) is 4.63. The minimum absolute atomic E-state index is 0.000489. The van der Waals surface area contributed by atoms with Crippen LogP contribution in [0.3, 0.4) is 0 Å². The van der Waals surface area contributed by atoms with E-state index in [1.165, 1.54) is 11.1 Å². The van der Waals surface area contributed by atoms with Gasteiger partial charge in [0.2, 0.25) is 0 Å². The number of esters is 1. The molecule has 5 aliphatic rings. The van der Waals surface area contributed by atoms with E-state index in [1.54, 1.807) is 0 Å². The van der Waals surface area contributed by atoms with Crippen LogP contribution < -0.4 is 0 Å². The SMILES string of the molecule is CC(C)(C)OC(=O)C12CC3(c4ccccc4)CC(c4ccccc4)(C1)C(C1C=CC=CC1)(C2)C3. The van der Waals surface area contributed by atoms with Crippen molar-refractivity contribution in [1.29, 1.82) is 0 Å². The summed E-state index contributed by atoms with van der Waals surface area (Å²) in [7, 11) is 0. The van der Waals surface area contributed by atoms with Crippen molar-refractivity contribution in [1.82, 2.24) is 0 Å². The van der Waals surface area contributed by atoms with E-state index >= 15 is 0 Å². The molecule has 0 saturated heterocycles. The molecule has 2 aromatic carbocycles. The lowest BCUT2D eigenvalue weighted by molar-refractivity contribution is -0.172. The van der Waals surface area contributed by atoms with E-state index in [4.69, 9.17) is 4.74 Å². The van der Waals surface area contributed by atoms with Gasteiger partial charge in [0, 0.05) is 5.41 Å². The van der Waals surface area contributed by atoms with Gasteiger partial charge < -0.3 is 4.74 Å². The third-order valence-electron chi connectivity index (χ3n) is 9.45. The molecule has 0 N–H and O–H groups in total. The average Bonchev–Trinajstić information content (AvgIpc) is 3.19. The molecule has 0 radical (unpaired) electrons. The van der Waals surface area contributed by atoms with Crippen molar-refractivity contribution < 1.29 is 9.53 Å². The number of carbonyl (C=O) groups excluding carboxylic acids is 1. The molecule has 5 atom stereocenters. The Morgan fingerprint density at radius 2 is 1.50 bits per heavy atom. The van der Waals surface area contributed by atoms with Crippen molar-refractivity contribution in [3.05, 3.63) is 96.1 Å². The predicted octanol–water partition coefficient (Wildman–Crippen LogP) is 7.30. The standard InChI is InChI=1S/C32H36O2/c1-28(2,3)34-27(33)30-19-29(24-13-7-4-8-14-24)20-31(22-30,25-15-9-5-10-16-25)32(21-29,23-30)26-17-11-6-12-18-26/h4-17,26H,18-23H2,1-3H3. The Balaban J connectivity index is 1.58. The van der Waals surface area contributed by atoms with E-state index in [0.29, 0.717) is 5.92 Å². The molecule has 4 fully saturated rings. The van der Waals surface area contributed by atoms with E-state index in [0.717, 1.165) is 38.5 Å². The van der Waals surface area contributed by atoms with Crippen LogP contribution in [0, 0.1) is 16.7 Å². The molecule has 4 saturated carbocycles. The first-order valence-corrected chi connectivity index (χ1v) is 12.9. The van der Waals surface area contributed by atoms with Gasteiger partial charge in [0.25, 0.3) is 0 Å². The molecule has 2 nitrogen and oxygen atoms in total. The van der Waals surface area contributed by atoms with Gasteiger partial charge >= 0.3 is 5.97 Å². The highest BCUT2D eigenvalue weighted by atomic mass is 16.6. The van der Waals surface area contributed by atoms with Gasteiger partial charge in [-0.05, 0) is 87.2 Å². The number of hydrogen-bond donors (Lipinski definition) is 0. The summed E-state index contributed by atoms with van der Waals surface area (Å²) in [6.07, 6.45) is 15.2.